The van der Waals surface area contributed by atoms with E-state index in [0.717, 1.165) is 19.4 Å². The molecule has 0 aromatic rings. The summed E-state index contributed by atoms with van der Waals surface area (Å²) in [6, 6.07) is -0.996. The van der Waals surface area contributed by atoms with Gasteiger partial charge in [-0.15, -0.1) is 0 Å². The predicted molar refractivity (Wildman–Crippen MR) is 205 cm³/mol. The first-order valence-corrected chi connectivity index (χ1v) is 20.6. The van der Waals surface area contributed by atoms with Gasteiger partial charge >= 0.3 is 0 Å². The monoisotopic (exact) mass is 700 g/mol. The Balaban J connectivity index is 2.06. The fourth-order valence-electron chi connectivity index (χ4n) is 6.59. The highest BCUT2D eigenvalue weighted by atomic mass is 32.1. The Morgan fingerprint density at radius 1 is 0.688 bits per heavy atom. The second kappa shape index (κ2) is 31.0. The number of rotatable bonds is 31. The van der Waals surface area contributed by atoms with Crippen LogP contribution >= 0.6 is 12.2 Å². The van der Waals surface area contributed by atoms with Gasteiger partial charge in [-0.25, -0.2) is 0 Å². The zero-order chi connectivity index (χ0) is 35.2. The van der Waals surface area contributed by atoms with Gasteiger partial charge < -0.3 is 41.5 Å². The van der Waals surface area contributed by atoms with Gasteiger partial charge in [-0.05, 0) is 31.5 Å². The molecule has 0 aliphatic heterocycles. The van der Waals surface area contributed by atoms with Crippen LogP contribution in [0.2, 0.25) is 0 Å². The molecule has 7 unspecified atom stereocenters. The fourth-order valence-corrected chi connectivity index (χ4v) is 6.84. The molecule has 7 atom stereocenters. The van der Waals surface area contributed by atoms with Gasteiger partial charge in [-0.1, -0.05) is 161 Å². The molecule has 0 bridgehead atoms. The Morgan fingerprint density at radius 2 is 1.15 bits per heavy atom. The maximum absolute atomic E-state index is 10.8. The topological polar surface area (TPSA) is 137 Å². The molecule has 0 radical (unpaired) electrons. The lowest BCUT2D eigenvalue weighted by atomic mass is 10.00. The first-order valence-electron chi connectivity index (χ1n) is 20.1. The van der Waals surface area contributed by atoms with Crippen LogP contribution in [0.15, 0.2) is 12.2 Å². The Kier molecular flexibility index (Phi) is 29.2. The normalized spacial score (nSPS) is 21.5. The Bertz CT molecular complexity index is 776. The summed E-state index contributed by atoms with van der Waals surface area (Å²) in [5.74, 6) is 0. The molecule has 284 valence electrons. The SMILES string of the molecule is CCCCCCCCCCCCCCCCCCCCCCCCNC(=S)NC(CNC1CC=CC(O)C(O)C1O)C(O)CC(O)CC. The van der Waals surface area contributed by atoms with E-state index in [4.69, 9.17) is 12.2 Å². The van der Waals surface area contributed by atoms with E-state index in [1.54, 1.807) is 6.08 Å². The third-order valence-electron chi connectivity index (χ3n) is 10.0. The molecule has 48 heavy (non-hydrogen) atoms. The number of unbranched alkanes of at least 4 members (excludes halogenated alkanes) is 21. The minimum atomic E-state index is -1.29. The molecular weight excluding hydrogens is 623 g/mol. The van der Waals surface area contributed by atoms with Crippen LogP contribution in [0.1, 0.15) is 174 Å². The third-order valence-corrected chi connectivity index (χ3v) is 10.3. The van der Waals surface area contributed by atoms with Crippen molar-refractivity contribution in [2.45, 2.75) is 217 Å². The summed E-state index contributed by atoms with van der Waals surface area (Å²) in [5, 5.41) is 61.6. The smallest absolute Gasteiger partial charge is 0.166 e. The summed E-state index contributed by atoms with van der Waals surface area (Å²) in [7, 11) is 0. The molecule has 0 aromatic carbocycles. The fraction of sp³-hybridized carbons (Fsp3) is 0.923. The molecule has 0 heterocycles. The zero-order valence-electron chi connectivity index (χ0n) is 30.9. The summed E-state index contributed by atoms with van der Waals surface area (Å²) in [6.45, 7) is 5.17. The molecule has 1 aliphatic carbocycles. The number of thiocarbonyl (C=S) groups is 1. The van der Waals surface area contributed by atoms with Crippen molar-refractivity contribution in [2.24, 2.45) is 0 Å². The lowest BCUT2D eigenvalue weighted by Gasteiger charge is -2.31. The van der Waals surface area contributed by atoms with Crippen LogP contribution in [0, 0.1) is 0 Å². The van der Waals surface area contributed by atoms with Crippen molar-refractivity contribution in [3.8, 4) is 0 Å². The number of hydrogen-bond acceptors (Lipinski definition) is 7. The molecule has 0 spiro atoms. The van der Waals surface area contributed by atoms with Gasteiger partial charge in [0.05, 0.1) is 24.4 Å². The largest absolute Gasteiger partial charge is 0.393 e. The summed E-state index contributed by atoms with van der Waals surface area (Å²) in [4.78, 5) is 0. The van der Waals surface area contributed by atoms with E-state index < -0.39 is 42.6 Å². The van der Waals surface area contributed by atoms with Gasteiger partial charge in [0.15, 0.2) is 5.11 Å². The van der Waals surface area contributed by atoms with Crippen LogP contribution in [0.25, 0.3) is 0 Å². The second-order valence-corrected chi connectivity index (χ2v) is 14.9. The summed E-state index contributed by atoms with van der Waals surface area (Å²) in [5.41, 5.74) is 0. The molecule has 0 fully saturated rings. The highest BCUT2D eigenvalue weighted by molar-refractivity contribution is 7.80. The van der Waals surface area contributed by atoms with Crippen molar-refractivity contribution in [3.63, 3.8) is 0 Å². The molecule has 9 heteroatoms. The van der Waals surface area contributed by atoms with Gasteiger partial charge in [0.25, 0.3) is 0 Å². The van der Waals surface area contributed by atoms with Gasteiger partial charge in [-0.3, -0.25) is 0 Å². The highest BCUT2D eigenvalue weighted by Gasteiger charge is 2.33. The Hall–Kier alpha value is -0.810. The quantitative estimate of drug-likeness (QED) is 0.0220. The summed E-state index contributed by atoms with van der Waals surface area (Å²) >= 11 is 5.52. The van der Waals surface area contributed by atoms with E-state index in [0.29, 0.717) is 18.0 Å². The standard InChI is InChI=1S/C39H77N3O5S/c1-3-5-6-7-8-9-10-11-12-13-14-15-16-17-18-19-20-21-22-23-24-25-29-40-39(48)42-34(36(45)30-32(43)4-2)31-41-33-27-26-28-35(44)38(47)37(33)46/h26,28,32-38,41,43-47H,3-25,27,29-31H2,1-2H3,(H2,40,42,48). The van der Waals surface area contributed by atoms with E-state index >= 15 is 0 Å². The number of aliphatic hydroxyl groups excluding tert-OH is 5. The van der Waals surface area contributed by atoms with Crippen molar-refractivity contribution in [1.29, 1.82) is 0 Å². The summed E-state index contributed by atoms with van der Waals surface area (Å²) < 4.78 is 0. The van der Waals surface area contributed by atoms with Crippen molar-refractivity contribution >= 4 is 17.3 Å². The molecular formula is C39H77N3O5S. The van der Waals surface area contributed by atoms with E-state index in [2.05, 4.69) is 22.9 Å². The molecule has 8 nitrogen and oxygen atoms in total. The van der Waals surface area contributed by atoms with Crippen molar-refractivity contribution in [3.05, 3.63) is 12.2 Å². The van der Waals surface area contributed by atoms with E-state index in [-0.39, 0.29) is 13.0 Å². The maximum atomic E-state index is 10.8. The van der Waals surface area contributed by atoms with E-state index in [1.165, 1.54) is 134 Å². The van der Waals surface area contributed by atoms with Crippen LogP contribution in [-0.4, -0.2) is 86.3 Å². The number of nitrogens with one attached hydrogen (secondary N) is 3. The van der Waals surface area contributed by atoms with E-state index in [9.17, 15) is 25.5 Å². The minimum absolute atomic E-state index is 0.201. The number of aliphatic hydroxyl groups is 5. The van der Waals surface area contributed by atoms with Crippen LogP contribution in [0.5, 0.6) is 0 Å². The average molecular weight is 700 g/mol. The first kappa shape index (κ1) is 45.2. The Morgan fingerprint density at radius 3 is 1.60 bits per heavy atom. The van der Waals surface area contributed by atoms with Crippen LogP contribution in [-0.2, 0) is 0 Å². The molecule has 0 saturated heterocycles. The van der Waals surface area contributed by atoms with Crippen molar-refractivity contribution < 1.29 is 25.5 Å². The lowest BCUT2D eigenvalue weighted by Crippen LogP contribution is -2.56. The molecule has 1 aliphatic rings. The third kappa shape index (κ3) is 23.6. The zero-order valence-corrected chi connectivity index (χ0v) is 31.7. The van der Waals surface area contributed by atoms with Gasteiger partial charge in [0, 0.05) is 25.6 Å². The molecule has 0 aromatic heterocycles. The minimum Gasteiger partial charge on any atom is -0.393 e. The summed E-state index contributed by atoms with van der Waals surface area (Å²) in [6.07, 6.45) is 29.4. The Labute approximate surface area is 300 Å². The van der Waals surface area contributed by atoms with Gasteiger partial charge in [-0.2, -0.15) is 0 Å². The average Bonchev–Trinajstić information content (AvgIpc) is 3.19. The van der Waals surface area contributed by atoms with Crippen LogP contribution in [0.4, 0.5) is 0 Å². The van der Waals surface area contributed by atoms with Gasteiger partial charge in [0.2, 0.25) is 0 Å². The van der Waals surface area contributed by atoms with Gasteiger partial charge in [0.1, 0.15) is 12.2 Å². The number of hydrogen-bond donors (Lipinski definition) is 8. The first-order chi connectivity index (χ1) is 23.3. The van der Waals surface area contributed by atoms with Crippen LogP contribution in [0.3, 0.4) is 0 Å². The van der Waals surface area contributed by atoms with Crippen molar-refractivity contribution in [1.82, 2.24) is 16.0 Å². The second-order valence-electron chi connectivity index (χ2n) is 14.4. The van der Waals surface area contributed by atoms with Crippen LogP contribution < -0.4 is 16.0 Å². The molecule has 0 saturated carbocycles. The molecule has 1 rings (SSSR count). The van der Waals surface area contributed by atoms with E-state index in [1.807, 2.05) is 6.92 Å². The van der Waals surface area contributed by atoms with Crippen molar-refractivity contribution in [2.75, 3.05) is 13.1 Å². The maximum Gasteiger partial charge on any atom is 0.166 e. The molecule has 0 amide bonds. The lowest BCUT2D eigenvalue weighted by molar-refractivity contribution is -0.0531. The molecule has 8 N–H and O–H groups in total. The highest BCUT2D eigenvalue weighted by Crippen LogP contribution is 2.17. The predicted octanol–water partition coefficient (Wildman–Crippen LogP) is 6.94.